The SMILES string of the molecule is CN(c1ccccc1)c1nc(C(=O)NC[C@@H]2CCCNC2)cs1. The predicted molar refractivity (Wildman–Crippen MR) is 94.5 cm³/mol. The lowest BCUT2D eigenvalue weighted by molar-refractivity contribution is 0.0940. The first-order valence-corrected chi connectivity index (χ1v) is 8.85. The van der Waals surface area contributed by atoms with E-state index in [2.05, 4.69) is 15.6 Å². The molecule has 1 aliphatic rings. The highest BCUT2D eigenvalue weighted by Crippen LogP contribution is 2.26. The van der Waals surface area contributed by atoms with E-state index in [1.807, 2.05) is 47.7 Å². The van der Waals surface area contributed by atoms with Crippen LogP contribution in [-0.2, 0) is 0 Å². The van der Waals surface area contributed by atoms with E-state index in [1.165, 1.54) is 24.2 Å². The van der Waals surface area contributed by atoms with Crippen molar-refractivity contribution in [1.29, 1.82) is 0 Å². The van der Waals surface area contributed by atoms with E-state index >= 15 is 0 Å². The lowest BCUT2D eigenvalue weighted by atomic mass is 10.00. The first-order chi connectivity index (χ1) is 11.2. The molecule has 1 atom stereocenters. The molecule has 0 unspecified atom stereocenters. The molecule has 1 saturated heterocycles. The van der Waals surface area contributed by atoms with E-state index in [9.17, 15) is 4.79 Å². The average molecular weight is 330 g/mol. The Kier molecular flexibility index (Phi) is 5.25. The minimum atomic E-state index is -0.0838. The Morgan fingerprint density at radius 2 is 2.26 bits per heavy atom. The van der Waals surface area contributed by atoms with Gasteiger partial charge in [0.1, 0.15) is 5.69 Å². The topological polar surface area (TPSA) is 57.3 Å². The zero-order valence-corrected chi connectivity index (χ0v) is 14.1. The van der Waals surface area contributed by atoms with Crippen LogP contribution in [0, 0.1) is 5.92 Å². The van der Waals surface area contributed by atoms with Crippen LogP contribution in [0.4, 0.5) is 10.8 Å². The molecule has 2 heterocycles. The number of piperidine rings is 1. The maximum Gasteiger partial charge on any atom is 0.270 e. The van der Waals surface area contributed by atoms with Gasteiger partial charge < -0.3 is 15.5 Å². The molecule has 1 aromatic carbocycles. The highest BCUT2D eigenvalue weighted by molar-refractivity contribution is 7.14. The Morgan fingerprint density at radius 1 is 1.43 bits per heavy atom. The van der Waals surface area contributed by atoms with Crippen molar-refractivity contribution < 1.29 is 4.79 Å². The molecule has 2 aromatic rings. The molecule has 23 heavy (non-hydrogen) atoms. The van der Waals surface area contributed by atoms with Crippen LogP contribution in [0.1, 0.15) is 23.3 Å². The van der Waals surface area contributed by atoms with E-state index in [0.29, 0.717) is 18.2 Å². The van der Waals surface area contributed by atoms with Gasteiger partial charge in [-0.05, 0) is 44.0 Å². The van der Waals surface area contributed by atoms with Gasteiger partial charge in [-0.15, -0.1) is 11.3 Å². The van der Waals surface area contributed by atoms with Gasteiger partial charge in [-0.3, -0.25) is 4.79 Å². The molecule has 0 saturated carbocycles. The quantitative estimate of drug-likeness (QED) is 0.885. The van der Waals surface area contributed by atoms with Gasteiger partial charge in [-0.25, -0.2) is 4.98 Å². The lowest BCUT2D eigenvalue weighted by Gasteiger charge is -2.22. The van der Waals surface area contributed by atoms with Crippen molar-refractivity contribution in [2.75, 3.05) is 31.6 Å². The molecule has 1 amide bonds. The molecule has 1 aromatic heterocycles. The van der Waals surface area contributed by atoms with Gasteiger partial charge in [0.15, 0.2) is 5.13 Å². The monoisotopic (exact) mass is 330 g/mol. The second-order valence-corrected chi connectivity index (χ2v) is 6.67. The molecular weight excluding hydrogens is 308 g/mol. The number of amides is 1. The van der Waals surface area contributed by atoms with E-state index in [0.717, 1.165) is 23.9 Å². The molecule has 1 aliphatic heterocycles. The molecule has 2 N–H and O–H groups in total. The van der Waals surface area contributed by atoms with Crippen molar-refractivity contribution >= 4 is 28.1 Å². The number of carbonyl (C=O) groups excluding carboxylic acids is 1. The summed E-state index contributed by atoms with van der Waals surface area (Å²) >= 11 is 1.48. The third-order valence-corrected chi connectivity index (χ3v) is 5.02. The summed E-state index contributed by atoms with van der Waals surface area (Å²) < 4.78 is 0. The van der Waals surface area contributed by atoms with Gasteiger partial charge in [-0.1, -0.05) is 18.2 Å². The van der Waals surface area contributed by atoms with Crippen molar-refractivity contribution in [3.05, 3.63) is 41.4 Å². The zero-order chi connectivity index (χ0) is 16.1. The molecule has 0 aliphatic carbocycles. The van der Waals surface area contributed by atoms with Crippen LogP contribution < -0.4 is 15.5 Å². The van der Waals surface area contributed by atoms with E-state index < -0.39 is 0 Å². The third-order valence-electron chi connectivity index (χ3n) is 4.11. The predicted octanol–water partition coefficient (Wildman–Crippen LogP) is 2.64. The molecule has 0 bridgehead atoms. The fraction of sp³-hybridized carbons (Fsp3) is 0.412. The molecule has 0 spiro atoms. The summed E-state index contributed by atoms with van der Waals surface area (Å²) in [5.74, 6) is 0.442. The number of aromatic nitrogens is 1. The first-order valence-electron chi connectivity index (χ1n) is 7.97. The van der Waals surface area contributed by atoms with Gasteiger partial charge in [-0.2, -0.15) is 0 Å². The fourth-order valence-corrected chi connectivity index (χ4v) is 3.50. The van der Waals surface area contributed by atoms with Crippen molar-refractivity contribution in [3.8, 4) is 0 Å². The summed E-state index contributed by atoms with van der Waals surface area (Å²) in [7, 11) is 1.96. The molecule has 5 nitrogen and oxygen atoms in total. The Hall–Kier alpha value is -1.92. The number of benzene rings is 1. The first kappa shape index (κ1) is 16.0. The number of nitrogens with one attached hydrogen (secondary N) is 2. The standard InChI is InChI=1S/C17H22N4OS/c1-21(14-7-3-2-4-8-14)17-20-15(12-23-17)16(22)19-11-13-6-5-9-18-10-13/h2-4,7-8,12-13,18H,5-6,9-11H2,1H3,(H,19,22)/t13-/m1/s1. The minimum Gasteiger partial charge on any atom is -0.350 e. The van der Waals surface area contributed by atoms with Gasteiger partial charge in [0, 0.05) is 24.7 Å². The highest BCUT2D eigenvalue weighted by atomic mass is 32.1. The van der Waals surface area contributed by atoms with E-state index in [-0.39, 0.29) is 5.91 Å². The van der Waals surface area contributed by atoms with E-state index in [1.54, 1.807) is 0 Å². The summed E-state index contributed by atoms with van der Waals surface area (Å²) in [6.45, 7) is 2.79. The van der Waals surface area contributed by atoms with Gasteiger partial charge in [0.05, 0.1) is 0 Å². The largest absolute Gasteiger partial charge is 0.350 e. The second-order valence-electron chi connectivity index (χ2n) is 5.83. The average Bonchev–Trinajstić information content (AvgIpc) is 3.11. The van der Waals surface area contributed by atoms with Crippen LogP contribution in [0.15, 0.2) is 35.7 Å². The second kappa shape index (κ2) is 7.57. The van der Waals surface area contributed by atoms with Crippen molar-refractivity contribution in [2.45, 2.75) is 12.8 Å². The number of para-hydroxylation sites is 1. The van der Waals surface area contributed by atoms with Gasteiger partial charge in [0.25, 0.3) is 5.91 Å². The van der Waals surface area contributed by atoms with Gasteiger partial charge in [0.2, 0.25) is 0 Å². The van der Waals surface area contributed by atoms with Crippen LogP contribution in [0.2, 0.25) is 0 Å². The van der Waals surface area contributed by atoms with Crippen LogP contribution in [0.5, 0.6) is 0 Å². The van der Waals surface area contributed by atoms with Crippen molar-refractivity contribution in [3.63, 3.8) is 0 Å². The number of carbonyl (C=O) groups is 1. The van der Waals surface area contributed by atoms with Crippen LogP contribution in [-0.4, -0.2) is 37.6 Å². The number of anilines is 2. The fourth-order valence-electron chi connectivity index (χ4n) is 2.71. The van der Waals surface area contributed by atoms with Crippen LogP contribution in [0.25, 0.3) is 0 Å². The molecule has 0 radical (unpaired) electrons. The Balaban J connectivity index is 1.58. The number of rotatable bonds is 5. The zero-order valence-electron chi connectivity index (χ0n) is 13.3. The number of hydrogen-bond donors (Lipinski definition) is 2. The maximum absolute atomic E-state index is 12.3. The summed E-state index contributed by atoms with van der Waals surface area (Å²) in [4.78, 5) is 18.7. The summed E-state index contributed by atoms with van der Waals surface area (Å²) in [5.41, 5.74) is 1.55. The lowest BCUT2D eigenvalue weighted by Crippen LogP contribution is -2.38. The number of hydrogen-bond acceptors (Lipinski definition) is 5. The molecule has 3 rings (SSSR count). The number of thiazole rings is 1. The summed E-state index contributed by atoms with van der Waals surface area (Å²) in [6, 6.07) is 10.0. The molecule has 6 heteroatoms. The Morgan fingerprint density at radius 3 is 3.00 bits per heavy atom. The summed E-state index contributed by atoms with van der Waals surface area (Å²) in [5, 5.41) is 9.01. The number of nitrogens with zero attached hydrogens (tertiary/aromatic N) is 2. The van der Waals surface area contributed by atoms with Gasteiger partial charge >= 0.3 is 0 Å². The van der Waals surface area contributed by atoms with Crippen LogP contribution in [0.3, 0.4) is 0 Å². The summed E-state index contributed by atoms with van der Waals surface area (Å²) in [6.07, 6.45) is 2.36. The normalized spacial score (nSPS) is 17.7. The molecular formula is C17H22N4OS. The van der Waals surface area contributed by atoms with Crippen molar-refractivity contribution in [1.82, 2.24) is 15.6 Å². The minimum absolute atomic E-state index is 0.0838. The Labute approximate surface area is 140 Å². The molecule has 1 fully saturated rings. The Bertz CT molecular complexity index is 637. The van der Waals surface area contributed by atoms with Crippen LogP contribution >= 0.6 is 11.3 Å². The third kappa shape index (κ3) is 4.09. The molecule has 122 valence electrons. The van der Waals surface area contributed by atoms with Crippen molar-refractivity contribution in [2.24, 2.45) is 5.92 Å². The van der Waals surface area contributed by atoms with E-state index in [4.69, 9.17) is 0 Å². The maximum atomic E-state index is 12.3. The highest BCUT2D eigenvalue weighted by Gasteiger charge is 2.17. The smallest absolute Gasteiger partial charge is 0.270 e.